The molecule has 2 aromatic rings. The predicted octanol–water partition coefficient (Wildman–Crippen LogP) is 2.88. The molecular formula is C17H23N5O. The maximum atomic E-state index is 12.7. The number of hydrogen-bond donors (Lipinski definition) is 1. The van der Waals surface area contributed by atoms with Gasteiger partial charge in [0.25, 0.3) is 0 Å². The van der Waals surface area contributed by atoms with E-state index in [1.54, 1.807) is 12.4 Å². The number of nitrogens with one attached hydrogen (secondary N) is 1. The lowest BCUT2D eigenvalue weighted by atomic mass is 9.94. The summed E-state index contributed by atoms with van der Waals surface area (Å²) in [6.07, 6.45) is 5.41. The number of rotatable bonds is 2. The Morgan fingerprint density at radius 1 is 1.30 bits per heavy atom. The van der Waals surface area contributed by atoms with Gasteiger partial charge in [0.05, 0.1) is 24.1 Å². The number of carbonyl (C=O) groups is 1. The molecule has 1 N–H and O–H groups in total. The van der Waals surface area contributed by atoms with E-state index in [2.05, 4.69) is 15.2 Å². The predicted molar refractivity (Wildman–Crippen MR) is 87.5 cm³/mol. The molecule has 1 fully saturated rings. The van der Waals surface area contributed by atoms with E-state index in [0.29, 0.717) is 0 Å². The van der Waals surface area contributed by atoms with Gasteiger partial charge in [0.2, 0.25) is 5.91 Å². The van der Waals surface area contributed by atoms with E-state index >= 15 is 0 Å². The van der Waals surface area contributed by atoms with Crippen LogP contribution in [0.4, 0.5) is 0 Å². The Bertz CT molecular complexity index is 716. The highest BCUT2D eigenvalue weighted by molar-refractivity contribution is 5.82. The molecule has 3 heterocycles. The largest absolute Gasteiger partial charge is 0.334 e. The van der Waals surface area contributed by atoms with Gasteiger partial charge < -0.3 is 4.90 Å². The lowest BCUT2D eigenvalue weighted by Crippen LogP contribution is -2.39. The topological polar surface area (TPSA) is 74.8 Å². The highest BCUT2D eigenvalue weighted by Crippen LogP contribution is 2.34. The second kappa shape index (κ2) is 5.76. The molecule has 1 aliphatic heterocycles. The van der Waals surface area contributed by atoms with E-state index in [1.807, 2.05) is 38.7 Å². The van der Waals surface area contributed by atoms with E-state index in [1.165, 1.54) is 0 Å². The van der Waals surface area contributed by atoms with Crippen molar-refractivity contribution >= 4 is 5.91 Å². The van der Waals surface area contributed by atoms with Gasteiger partial charge in [-0.3, -0.25) is 14.9 Å². The first kappa shape index (κ1) is 15.6. The smallest absolute Gasteiger partial charge is 0.228 e. The van der Waals surface area contributed by atoms with Gasteiger partial charge in [0, 0.05) is 17.7 Å². The van der Waals surface area contributed by atoms with Crippen molar-refractivity contribution in [1.29, 1.82) is 0 Å². The monoisotopic (exact) mass is 313 g/mol. The number of aromatic nitrogens is 4. The number of likely N-dealkylation sites (tertiary alicyclic amines) is 1. The molecule has 6 heteroatoms. The normalized spacial score (nSPS) is 18.4. The second-order valence-corrected chi connectivity index (χ2v) is 7.17. The van der Waals surface area contributed by atoms with E-state index in [0.717, 1.165) is 42.2 Å². The number of hydrogen-bond acceptors (Lipinski definition) is 4. The van der Waals surface area contributed by atoms with Crippen LogP contribution in [0.25, 0.3) is 11.4 Å². The third-order valence-corrected chi connectivity index (χ3v) is 4.12. The summed E-state index contributed by atoms with van der Waals surface area (Å²) in [6.45, 7) is 8.61. The molecule has 6 nitrogen and oxygen atoms in total. The number of H-pyrrole nitrogens is 1. The van der Waals surface area contributed by atoms with Crippen molar-refractivity contribution in [3.05, 3.63) is 29.8 Å². The van der Waals surface area contributed by atoms with Crippen LogP contribution in [-0.4, -0.2) is 37.5 Å². The van der Waals surface area contributed by atoms with Crippen LogP contribution in [0.15, 0.2) is 18.5 Å². The van der Waals surface area contributed by atoms with Crippen molar-refractivity contribution in [3.8, 4) is 11.4 Å². The molecule has 1 saturated heterocycles. The Balaban J connectivity index is 1.90. The van der Waals surface area contributed by atoms with Gasteiger partial charge in [-0.2, -0.15) is 5.10 Å². The van der Waals surface area contributed by atoms with Gasteiger partial charge in [-0.25, -0.2) is 4.98 Å². The lowest BCUT2D eigenvalue weighted by Gasteiger charge is -2.30. The van der Waals surface area contributed by atoms with Gasteiger partial charge >= 0.3 is 0 Å². The van der Waals surface area contributed by atoms with E-state index in [9.17, 15) is 4.79 Å². The molecule has 23 heavy (non-hydrogen) atoms. The maximum absolute atomic E-state index is 12.7. The Kier molecular flexibility index (Phi) is 3.92. The van der Waals surface area contributed by atoms with Crippen molar-refractivity contribution in [2.75, 3.05) is 6.54 Å². The molecule has 2 aromatic heterocycles. The minimum Gasteiger partial charge on any atom is -0.334 e. The van der Waals surface area contributed by atoms with E-state index in [-0.39, 0.29) is 17.4 Å². The molecule has 0 radical (unpaired) electrons. The summed E-state index contributed by atoms with van der Waals surface area (Å²) < 4.78 is 0. The molecule has 1 amide bonds. The fourth-order valence-corrected chi connectivity index (χ4v) is 2.96. The first-order chi connectivity index (χ1) is 10.9. The summed E-state index contributed by atoms with van der Waals surface area (Å²) in [5.41, 5.74) is 2.97. The standard InChI is InChI=1S/C17H23N5O/c1-11-8-12(21-20-11)13-9-18-10-14(19-13)15-6-5-7-22(15)16(23)17(2,3)4/h8-10,15H,5-7H2,1-4H3,(H,20,21)/t15-/m1/s1. The van der Waals surface area contributed by atoms with Crippen LogP contribution < -0.4 is 0 Å². The summed E-state index contributed by atoms with van der Waals surface area (Å²) >= 11 is 0. The van der Waals surface area contributed by atoms with Crippen molar-refractivity contribution in [1.82, 2.24) is 25.1 Å². The minimum atomic E-state index is -0.382. The van der Waals surface area contributed by atoms with Gasteiger partial charge in [-0.05, 0) is 25.8 Å². The van der Waals surface area contributed by atoms with E-state index < -0.39 is 0 Å². The van der Waals surface area contributed by atoms with Crippen molar-refractivity contribution in [3.63, 3.8) is 0 Å². The van der Waals surface area contributed by atoms with Crippen LogP contribution in [-0.2, 0) is 4.79 Å². The molecule has 1 atom stereocenters. The molecule has 0 aliphatic carbocycles. The summed E-state index contributed by atoms with van der Waals surface area (Å²) in [6, 6.07) is 1.95. The van der Waals surface area contributed by atoms with Crippen LogP contribution in [0.5, 0.6) is 0 Å². The molecule has 0 bridgehead atoms. The van der Waals surface area contributed by atoms with Gasteiger partial charge in [-0.15, -0.1) is 0 Å². The quantitative estimate of drug-likeness (QED) is 0.925. The molecule has 3 rings (SSSR count). The van der Waals surface area contributed by atoms with E-state index in [4.69, 9.17) is 4.98 Å². The minimum absolute atomic E-state index is 0.00853. The third-order valence-electron chi connectivity index (χ3n) is 4.12. The summed E-state index contributed by atoms with van der Waals surface area (Å²) in [5.74, 6) is 0.169. The third kappa shape index (κ3) is 3.11. The average molecular weight is 313 g/mol. The number of amides is 1. The molecule has 0 aromatic carbocycles. The fourth-order valence-electron chi connectivity index (χ4n) is 2.96. The highest BCUT2D eigenvalue weighted by atomic mass is 16.2. The SMILES string of the molecule is Cc1cc(-c2cncc([C@H]3CCCN3C(=O)C(C)(C)C)n2)n[nH]1. The fraction of sp³-hybridized carbons (Fsp3) is 0.529. The zero-order valence-electron chi connectivity index (χ0n) is 14.1. The number of nitrogens with zero attached hydrogens (tertiary/aromatic N) is 4. The molecule has 0 saturated carbocycles. The van der Waals surface area contributed by atoms with Crippen LogP contribution in [0.1, 0.15) is 51.0 Å². The zero-order chi connectivity index (χ0) is 16.6. The zero-order valence-corrected chi connectivity index (χ0v) is 14.1. The Hall–Kier alpha value is -2.24. The van der Waals surface area contributed by atoms with Crippen LogP contribution in [0.2, 0.25) is 0 Å². The Morgan fingerprint density at radius 2 is 2.09 bits per heavy atom. The maximum Gasteiger partial charge on any atom is 0.228 e. The Morgan fingerprint density at radius 3 is 2.74 bits per heavy atom. The van der Waals surface area contributed by atoms with Gasteiger partial charge in [0.15, 0.2) is 0 Å². The summed E-state index contributed by atoms with van der Waals surface area (Å²) in [7, 11) is 0. The first-order valence-electron chi connectivity index (χ1n) is 8.01. The lowest BCUT2D eigenvalue weighted by molar-refractivity contribution is -0.140. The highest BCUT2D eigenvalue weighted by Gasteiger charge is 2.36. The first-order valence-corrected chi connectivity index (χ1v) is 8.01. The molecule has 1 aliphatic rings. The summed E-state index contributed by atoms with van der Waals surface area (Å²) in [5, 5.41) is 7.16. The number of aryl methyl sites for hydroxylation is 1. The van der Waals surface area contributed by atoms with Crippen molar-refractivity contribution < 1.29 is 4.79 Å². The molecular weight excluding hydrogens is 290 g/mol. The number of carbonyl (C=O) groups excluding carboxylic acids is 1. The van der Waals surface area contributed by atoms with Crippen LogP contribution >= 0.6 is 0 Å². The Labute approximate surface area is 136 Å². The average Bonchev–Trinajstić information content (AvgIpc) is 3.14. The summed E-state index contributed by atoms with van der Waals surface area (Å²) in [4.78, 5) is 23.6. The van der Waals surface area contributed by atoms with Crippen molar-refractivity contribution in [2.45, 2.75) is 46.6 Å². The molecule has 122 valence electrons. The van der Waals surface area contributed by atoms with Gasteiger partial charge in [0.1, 0.15) is 11.4 Å². The number of aromatic amines is 1. The van der Waals surface area contributed by atoms with Crippen LogP contribution in [0, 0.1) is 12.3 Å². The van der Waals surface area contributed by atoms with Crippen molar-refractivity contribution in [2.24, 2.45) is 5.41 Å². The molecule has 0 unspecified atom stereocenters. The second-order valence-electron chi connectivity index (χ2n) is 7.17. The molecule has 0 spiro atoms. The van der Waals surface area contributed by atoms with Crippen LogP contribution in [0.3, 0.4) is 0 Å². The van der Waals surface area contributed by atoms with Gasteiger partial charge in [-0.1, -0.05) is 20.8 Å².